The molecule has 0 unspecified atom stereocenters. The number of alkyl halides is 16. The standard InChI is InChI=1S/C14H6F16I/c15-6-1-3-7(4-2-6)31-5-8(16,17)9(18,19)10(20,21)11(22,23)12(24,25)13(26,27)14(28,29)30/h1-4H,5H2/q-1. The van der Waals surface area contributed by atoms with Gasteiger partial charge in [-0.3, -0.25) is 0 Å². The van der Waals surface area contributed by atoms with Crippen LogP contribution in [0.4, 0.5) is 70.2 Å². The molecular weight excluding hydrogens is 599 g/mol. The topological polar surface area (TPSA) is 0 Å². The van der Waals surface area contributed by atoms with Crippen LogP contribution in [0.5, 0.6) is 0 Å². The van der Waals surface area contributed by atoms with E-state index in [9.17, 15) is 70.2 Å². The Kier molecular flexibility index (Phi) is 7.19. The van der Waals surface area contributed by atoms with Gasteiger partial charge in [0.1, 0.15) is 0 Å². The van der Waals surface area contributed by atoms with Gasteiger partial charge in [0.15, 0.2) is 0 Å². The van der Waals surface area contributed by atoms with Gasteiger partial charge < -0.3 is 0 Å². The number of hydrogen-bond donors (Lipinski definition) is 0. The fourth-order valence-corrected chi connectivity index (χ4v) is 4.03. The SMILES string of the molecule is Fc1ccc([I-]CC(F)(F)C(F)(F)C(F)(F)C(F)(F)C(F)(F)C(F)(F)C(F)(F)F)cc1. The molecule has 0 aromatic heterocycles. The molecule has 0 heterocycles. The van der Waals surface area contributed by atoms with Crippen molar-refractivity contribution in [2.45, 2.75) is 41.7 Å². The van der Waals surface area contributed by atoms with E-state index in [1.807, 2.05) is 0 Å². The summed E-state index contributed by atoms with van der Waals surface area (Å²) in [6.45, 7) is 0. The Balaban J connectivity index is 3.35. The van der Waals surface area contributed by atoms with Gasteiger partial charge in [0.05, 0.1) is 0 Å². The third kappa shape index (κ3) is 4.38. The quantitative estimate of drug-likeness (QED) is 0.242. The van der Waals surface area contributed by atoms with Gasteiger partial charge in [0.25, 0.3) is 0 Å². The summed E-state index contributed by atoms with van der Waals surface area (Å²) in [5, 5.41) is 0. The van der Waals surface area contributed by atoms with Crippen LogP contribution in [0.1, 0.15) is 0 Å². The Hall–Kier alpha value is -1.17. The molecule has 0 aliphatic heterocycles. The van der Waals surface area contributed by atoms with Gasteiger partial charge in [-0.2, -0.15) is 0 Å². The third-order valence-electron chi connectivity index (χ3n) is 3.59. The van der Waals surface area contributed by atoms with E-state index in [1.54, 1.807) is 0 Å². The molecule has 0 fully saturated rings. The number of benzene rings is 1. The van der Waals surface area contributed by atoms with E-state index >= 15 is 0 Å². The minimum absolute atomic E-state index is 0.334. The Morgan fingerprint density at radius 3 is 1.26 bits per heavy atom. The molecule has 31 heavy (non-hydrogen) atoms. The van der Waals surface area contributed by atoms with Gasteiger partial charge in [-0.05, 0) is 0 Å². The van der Waals surface area contributed by atoms with Crippen molar-refractivity contribution in [2.24, 2.45) is 0 Å². The Labute approximate surface area is 171 Å². The van der Waals surface area contributed by atoms with Crippen molar-refractivity contribution < 1.29 is 91.5 Å². The van der Waals surface area contributed by atoms with Crippen LogP contribution in [0.3, 0.4) is 0 Å². The van der Waals surface area contributed by atoms with Gasteiger partial charge >= 0.3 is 171 Å². The zero-order valence-corrected chi connectivity index (χ0v) is 16.1. The van der Waals surface area contributed by atoms with Crippen LogP contribution in [0.25, 0.3) is 0 Å². The number of rotatable bonds is 8. The van der Waals surface area contributed by atoms with E-state index in [0.717, 1.165) is 12.1 Å². The molecule has 0 aliphatic rings. The van der Waals surface area contributed by atoms with Crippen molar-refractivity contribution in [1.82, 2.24) is 0 Å². The van der Waals surface area contributed by atoms with Crippen molar-refractivity contribution >= 4 is 0 Å². The summed E-state index contributed by atoms with van der Waals surface area (Å²) in [4.78, 5) is 0. The molecule has 1 aromatic rings. The van der Waals surface area contributed by atoms with Crippen LogP contribution in [-0.2, 0) is 0 Å². The van der Waals surface area contributed by atoms with E-state index in [4.69, 9.17) is 0 Å². The molecule has 0 aliphatic carbocycles. The molecule has 182 valence electrons. The summed E-state index contributed by atoms with van der Waals surface area (Å²) >= 11 is -2.49. The molecule has 0 saturated carbocycles. The average molecular weight is 605 g/mol. The summed E-state index contributed by atoms with van der Waals surface area (Å²) in [5.74, 6) is -47.3. The normalized spacial score (nSPS) is 15.5. The predicted octanol–water partition coefficient (Wildman–Crippen LogP) is 3.46. The van der Waals surface area contributed by atoms with Gasteiger partial charge in [-0.25, -0.2) is 0 Å². The van der Waals surface area contributed by atoms with Crippen LogP contribution >= 0.6 is 0 Å². The first-order valence-corrected chi connectivity index (χ1v) is 9.76. The van der Waals surface area contributed by atoms with Crippen LogP contribution in [0, 0.1) is 9.39 Å². The second-order valence-corrected chi connectivity index (χ2v) is 8.55. The molecular formula is C14H6F16I-. The van der Waals surface area contributed by atoms with Gasteiger partial charge in [-0.15, -0.1) is 0 Å². The first-order valence-electron chi connectivity index (χ1n) is 7.15. The van der Waals surface area contributed by atoms with E-state index < -0.39 is 73.2 Å². The molecule has 17 heteroatoms. The van der Waals surface area contributed by atoms with Crippen molar-refractivity contribution in [3.8, 4) is 0 Å². The minimum atomic E-state index is -8.28. The van der Waals surface area contributed by atoms with E-state index in [0.29, 0.717) is 12.1 Å². The molecule has 1 aromatic carbocycles. The summed E-state index contributed by atoms with van der Waals surface area (Å²) in [5.41, 5.74) is 0. The van der Waals surface area contributed by atoms with Gasteiger partial charge in [0, 0.05) is 0 Å². The average Bonchev–Trinajstić information content (AvgIpc) is 2.59. The maximum atomic E-state index is 13.6. The van der Waals surface area contributed by atoms with E-state index in [-0.39, 0.29) is 3.57 Å². The summed E-state index contributed by atoms with van der Waals surface area (Å²) < 4.78 is 205. The summed E-state index contributed by atoms with van der Waals surface area (Å²) in [7, 11) is 0. The van der Waals surface area contributed by atoms with Crippen molar-refractivity contribution in [1.29, 1.82) is 0 Å². The van der Waals surface area contributed by atoms with Crippen LogP contribution in [0.15, 0.2) is 24.3 Å². The zero-order valence-electron chi connectivity index (χ0n) is 13.9. The Morgan fingerprint density at radius 1 is 0.516 bits per heavy atom. The first kappa shape index (κ1) is 27.9. The fourth-order valence-electron chi connectivity index (χ4n) is 1.76. The van der Waals surface area contributed by atoms with E-state index in [2.05, 4.69) is 0 Å². The van der Waals surface area contributed by atoms with Gasteiger partial charge in [-0.1, -0.05) is 0 Å². The predicted molar refractivity (Wildman–Crippen MR) is 65.7 cm³/mol. The van der Waals surface area contributed by atoms with Crippen molar-refractivity contribution in [3.63, 3.8) is 0 Å². The van der Waals surface area contributed by atoms with Gasteiger partial charge in [0.2, 0.25) is 0 Å². The van der Waals surface area contributed by atoms with Crippen LogP contribution in [0.2, 0.25) is 0 Å². The second-order valence-electron chi connectivity index (χ2n) is 5.78. The molecule has 0 bridgehead atoms. The van der Waals surface area contributed by atoms with Crippen molar-refractivity contribution in [2.75, 3.05) is 4.43 Å². The Bertz CT molecular complexity index is 764. The molecule has 0 N–H and O–H groups in total. The number of halogens is 17. The van der Waals surface area contributed by atoms with Crippen LogP contribution < -0.4 is 21.2 Å². The molecule has 0 radical (unpaired) electrons. The molecule has 0 nitrogen and oxygen atoms in total. The summed E-state index contributed by atoms with van der Waals surface area (Å²) in [6.07, 6.45) is -7.62. The third-order valence-corrected chi connectivity index (χ3v) is 6.52. The molecule has 0 saturated heterocycles. The summed E-state index contributed by atoms with van der Waals surface area (Å²) in [6, 6.07) is 2.69. The Morgan fingerprint density at radius 2 is 0.871 bits per heavy atom. The monoisotopic (exact) mass is 605 g/mol. The first-order chi connectivity index (χ1) is 13.5. The zero-order chi connectivity index (χ0) is 24.9. The van der Waals surface area contributed by atoms with E-state index in [1.165, 1.54) is 0 Å². The molecule has 0 atom stereocenters. The fraction of sp³-hybridized carbons (Fsp3) is 0.571. The van der Waals surface area contributed by atoms with Crippen LogP contribution in [-0.4, -0.2) is 46.1 Å². The molecule has 1 rings (SSSR count). The molecule has 0 spiro atoms. The van der Waals surface area contributed by atoms with Crippen molar-refractivity contribution in [3.05, 3.63) is 33.7 Å². The number of hydrogen-bond acceptors (Lipinski definition) is 0. The molecule has 0 amide bonds. The second kappa shape index (κ2) is 8.00. The maximum absolute atomic E-state index is 13.6.